The van der Waals surface area contributed by atoms with E-state index in [4.69, 9.17) is 4.74 Å². The predicted molar refractivity (Wildman–Crippen MR) is 68.3 cm³/mol. The van der Waals surface area contributed by atoms with Crippen molar-refractivity contribution in [2.75, 3.05) is 13.7 Å². The zero-order valence-electron chi connectivity index (χ0n) is 10.5. The second-order valence-electron chi connectivity index (χ2n) is 3.68. The Hall–Kier alpha value is -2.01. The highest BCUT2D eigenvalue weighted by Gasteiger charge is 2.11. The molecule has 1 rings (SSSR count). The number of benzene rings is 1. The van der Waals surface area contributed by atoms with Gasteiger partial charge in [0.1, 0.15) is 5.71 Å². The Kier molecular flexibility index (Phi) is 5.73. The number of ether oxygens (including phenoxy) is 1. The molecule has 0 fully saturated rings. The third-order valence-corrected chi connectivity index (χ3v) is 2.13. The van der Waals surface area contributed by atoms with Crippen LogP contribution in [-0.2, 0) is 20.9 Å². The van der Waals surface area contributed by atoms with E-state index in [9.17, 15) is 9.59 Å². The number of amides is 2. The Balaban J connectivity index is 2.60. The van der Waals surface area contributed by atoms with Gasteiger partial charge in [-0.05, 0) is 5.56 Å². The molecule has 18 heavy (non-hydrogen) atoms. The van der Waals surface area contributed by atoms with Gasteiger partial charge in [0, 0.05) is 20.6 Å². The SMILES string of the molecule is COCC(=NC(C)=O)C(=O)NCc1ccccc1. The molecule has 0 saturated heterocycles. The first-order valence-electron chi connectivity index (χ1n) is 5.52. The maximum absolute atomic E-state index is 11.8. The number of carbonyl (C=O) groups excluding carboxylic acids is 2. The summed E-state index contributed by atoms with van der Waals surface area (Å²) in [4.78, 5) is 26.3. The number of aliphatic imine (C=N–C) groups is 1. The number of methoxy groups -OCH3 is 1. The second-order valence-corrected chi connectivity index (χ2v) is 3.68. The van der Waals surface area contributed by atoms with Crippen LogP contribution in [0.2, 0.25) is 0 Å². The van der Waals surface area contributed by atoms with Gasteiger partial charge in [-0.25, -0.2) is 4.99 Å². The van der Waals surface area contributed by atoms with Gasteiger partial charge in [-0.1, -0.05) is 30.3 Å². The molecule has 0 spiro atoms. The number of hydrogen-bond acceptors (Lipinski definition) is 3. The van der Waals surface area contributed by atoms with Gasteiger partial charge in [-0.3, -0.25) is 9.59 Å². The lowest BCUT2D eigenvalue weighted by Gasteiger charge is -2.06. The molecule has 0 unspecified atom stereocenters. The van der Waals surface area contributed by atoms with Gasteiger partial charge < -0.3 is 10.1 Å². The quantitative estimate of drug-likeness (QED) is 0.788. The first kappa shape index (κ1) is 14.1. The molecule has 0 radical (unpaired) electrons. The molecule has 5 heteroatoms. The van der Waals surface area contributed by atoms with E-state index in [0.29, 0.717) is 6.54 Å². The van der Waals surface area contributed by atoms with Gasteiger partial charge >= 0.3 is 0 Å². The van der Waals surface area contributed by atoms with Crippen molar-refractivity contribution < 1.29 is 14.3 Å². The topological polar surface area (TPSA) is 67.8 Å². The zero-order valence-corrected chi connectivity index (χ0v) is 10.5. The number of nitrogens with zero attached hydrogens (tertiary/aromatic N) is 1. The molecule has 0 aliphatic rings. The summed E-state index contributed by atoms with van der Waals surface area (Å²) in [6.45, 7) is 1.70. The van der Waals surface area contributed by atoms with Gasteiger partial charge in [0.2, 0.25) is 5.91 Å². The molecule has 0 aliphatic heterocycles. The largest absolute Gasteiger partial charge is 0.378 e. The summed E-state index contributed by atoms with van der Waals surface area (Å²) >= 11 is 0. The van der Waals surface area contributed by atoms with Crippen molar-refractivity contribution in [3.63, 3.8) is 0 Å². The van der Waals surface area contributed by atoms with Crippen LogP contribution in [0.3, 0.4) is 0 Å². The third-order valence-electron chi connectivity index (χ3n) is 2.13. The number of carbonyl (C=O) groups is 2. The van der Waals surface area contributed by atoms with Crippen LogP contribution in [0.25, 0.3) is 0 Å². The molecule has 1 aromatic carbocycles. The van der Waals surface area contributed by atoms with E-state index < -0.39 is 11.8 Å². The molecule has 0 saturated carbocycles. The highest BCUT2D eigenvalue weighted by Crippen LogP contribution is 1.97. The Morgan fingerprint density at radius 3 is 2.50 bits per heavy atom. The van der Waals surface area contributed by atoms with E-state index in [1.54, 1.807) is 0 Å². The molecule has 0 aliphatic carbocycles. The van der Waals surface area contributed by atoms with Crippen LogP contribution in [0.1, 0.15) is 12.5 Å². The highest BCUT2D eigenvalue weighted by atomic mass is 16.5. The molecule has 1 N–H and O–H groups in total. The summed E-state index contributed by atoms with van der Waals surface area (Å²) in [5, 5.41) is 2.69. The van der Waals surface area contributed by atoms with Crippen LogP contribution in [0.15, 0.2) is 35.3 Å². The standard InChI is InChI=1S/C13H16N2O3/c1-10(16)15-12(9-18-2)13(17)14-8-11-6-4-3-5-7-11/h3-7H,8-9H2,1-2H3,(H,14,17). The average molecular weight is 248 g/mol. The molecule has 1 aromatic rings. The lowest BCUT2D eigenvalue weighted by atomic mass is 10.2. The number of rotatable bonds is 5. The minimum atomic E-state index is -0.420. The maximum Gasteiger partial charge on any atom is 0.268 e. The van der Waals surface area contributed by atoms with Gasteiger partial charge in [-0.15, -0.1) is 0 Å². The minimum Gasteiger partial charge on any atom is -0.378 e. The van der Waals surface area contributed by atoms with Crippen LogP contribution < -0.4 is 5.32 Å². The summed E-state index contributed by atoms with van der Waals surface area (Å²) in [5.74, 6) is -0.812. The highest BCUT2D eigenvalue weighted by molar-refractivity contribution is 6.40. The van der Waals surface area contributed by atoms with E-state index in [1.165, 1.54) is 14.0 Å². The van der Waals surface area contributed by atoms with E-state index >= 15 is 0 Å². The van der Waals surface area contributed by atoms with Crippen molar-refractivity contribution in [2.45, 2.75) is 13.5 Å². The van der Waals surface area contributed by atoms with E-state index in [-0.39, 0.29) is 12.3 Å². The summed E-state index contributed by atoms with van der Waals surface area (Å²) in [6, 6.07) is 9.48. The summed E-state index contributed by atoms with van der Waals surface area (Å²) < 4.78 is 4.83. The first-order valence-corrected chi connectivity index (χ1v) is 5.52. The minimum absolute atomic E-state index is 0.0141. The monoisotopic (exact) mass is 248 g/mol. The average Bonchev–Trinajstić information content (AvgIpc) is 2.36. The van der Waals surface area contributed by atoms with Crippen LogP contribution in [0.4, 0.5) is 0 Å². The molecule has 96 valence electrons. The fourth-order valence-electron chi connectivity index (χ4n) is 1.36. The van der Waals surface area contributed by atoms with E-state index in [0.717, 1.165) is 5.56 Å². The zero-order chi connectivity index (χ0) is 13.4. The summed E-state index contributed by atoms with van der Waals surface area (Å²) in [5.41, 5.74) is 1.06. The Bertz CT molecular complexity index is 441. The molecule has 0 heterocycles. The fraction of sp³-hybridized carbons (Fsp3) is 0.308. The van der Waals surface area contributed by atoms with Gasteiger partial charge in [-0.2, -0.15) is 0 Å². The molecular formula is C13H16N2O3. The van der Waals surface area contributed by atoms with Crippen molar-refractivity contribution in [3.8, 4) is 0 Å². The van der Waals surface area contributed by atoms with Crippen molar-refractivity contribution in [1.29, 1.82) is 0 Å². The van der Waals surface area contributed by atoms with Crippen molar-refractivity contribution in [3.05, 3.63) is 35.9 Å². The lowest BCUT2D eigenvalue weighted by Crippen LogP contribution is -2.33. The van der Waals surface area contributed by atoms with Gasteiger partial charge in [0.15, 0.2) is 0 Å². The molecule has 2 amide bonds. The van der Waals surface area contributed by atoms with E-state index in [2.05, 4.69) is 10.3 Å². The van der Waals surface area contributed by atoms with Crippen LogP contribution in [-0.4, -0.2) is 31.2 Å². The van der Waals surface area contributed by atoms with Crippen molar-refractivity contribution in [1.82, 2.24) is 5.32 Å². The fourth-order valence-corrected chi connectivity index (χ4v) is 1.36. The van der Waals surface area contributed by atoms with Crippen LogP contribution >= 0.6 is 0 Å². The molecule has 0 atom stereocenters. The Labute approximate surface area is 106 Å². The number of hydrogen-bond donors (Lipinski definition) is 1. The Morgan fingerprint density at radius 1 is 1.28 bits per heavy atom. The predicted octanol–water partition coefficient (Wildman–Crippen LogP) is 0.937. The van der Waals surface area contributed by atoms with Crippen molar-refractivity contribution >= 4 is 17.5 Å². The number of nitrogens with one attached hydrogen (secondary N) is 1. The summed E-state index contributed by atoms with van der Waals surface area (Å²) in [6.07, 6.45) is 0. The normalized spacial score (nSPS) is 11.1. The summed E-state index contributed by atoms with van der Waals surface area (Å²) in [7, 11) is 1.44. The van der Waals surface area contributed by atoms with E-state index in [1.807, 2.05) is 30.3 Å². The smallest absolute Gasteiger partial charge is 0.268 e. The molecular weight excluding hydrogens is 232 g/mol. The maximum atomic E-state index is 11.8. The first-order chi connectivity index (χ1) is 8.63. The van der Waals surface area contributed by atoms with Crippen LogP contribution in [0, 0.1) is 0 Å². The second kappa shape index (κ2) is 7.34. The van der Waals surface area contributed by atoms with Crippen LogP contribution in [0.5, 0.6) is 0 Å². The van der Waals surface area contributed by atoms with Gasteiger partial charge in [0.25, 0.3) is 5.91 Å². The van der Waals surface area contributed by atoms with Gasteiger partial charge in [0.05, 0.1) is 6.61 Å². The molecule has 0 bridgehead atoms. The lowest BCUT2D eigenvalue weighted by molar-refractivity contribution is -0.118. The Morgan fingerprint density at radius 2 is 1.94 bits per heavy atom. The molecule has 0 aromatic heterocycles. The third kappa shape index (κ3) is 4.88. The molecule has 5 nitrogen and oxygen atoms in total. The van der Waals surface area contributed by atoms with Crippen molar-refractivity contribution in [2.24, 2.45) is 4.99 Å².